The molecular formula is C17H26N6O7S2. The number of carboxylic acids is 2. The summed E-state index contributed by atoms with van der Waals surface area (Å²) in [5.74, 6) is -5.00. The van der Waals surface area contributed by atoms with Crippen LogP contribution >= 0.6 is 25.3 Å². The second kappa shape index (κ2) is 13.6. The van der Waals surface area contributed by atoms with E-state index >= 15 is 0 Å². The maximum atomic E-state index is 12.5. The minimum atomic E-state index is -1.28. The van der Waals surface area contributed by atoms with E-state index in [1.807, 2.05) is 0 Å². The van der Waals surface area contributed by atoms with Crippen molar-refractivity contribution in [1.82, 2.24) is 25.9 Å². The van der Waals surface area contributed by atoms with E-state index in [1.165, 1.54) is 12.5 Å². The highest BCUT2D eigenvalue weighted by molar-refractivity contribution is 7.80. The van der Waals surface area contributed by atoms with Gasteiger partial charge in [-0.05, 0) is 6.42 Å². The first kappa shape index (κ1) is 27.3. The number of H-pyrrole nitrogens is 1. The highest BCUT2D eigenvalue weighted by atomic mass is 32.1. The summed E-state index contributed by atoms with van der Waals surface area (Å²) in [5.41, 5.74) is 6.10. The second-order valence-electron chi connectivity index (χ2n) is 6.71. The summed E-state index contributed by atoms with van der Waals surface area (Å²) in [4.78, 5) is 65.6. The van der Waals surface area contributed by atoms with Gasteiger partial charge in [-0.2, -0.15) is 25.3 Å². The molecular weight excluding hydrogens is 464 g/mol. The van der Waals surface area contributed by atoms with Gasteiger partial charge in [0.05, 0.1) is 12.4 Å². The molecule has 0 fully saturated rings. The number of amides is 3. The van der Waals surface area contributed by atoms with Crippen LogP contribution in [0.1, 0.15) is 18.5 Å². The third kappa shape index (κ3) is 9.15. The standard InChI is InChI=1S/C17H26N6O7S2/c18-9(1-2-13(24)25)14(26)22-11(5-31)16(28)23-12(6-32)15(27)21-10(17(29)30)3-8-4-19-7-20-8/h4,7,9-12,31-32H,1-3,5-6,18H2,(H,19,20)(H,21,27)(H,22,26)(H,23,28)(H,24,25)(H,29,30). The number of aliphatic carboxylic acids is 2. The van der Waals surface area contributed by atoms with Gasteiger partial charge in [0.15, 0.2) is 0 Å². The summed E-state index contributed by atoms with van der Waals surface area (Å²) in [7, 11) is 0. The Hall–Kier alpha value is -2.78. The number of aromatic amines is 1. The average Bonchev–Trinajstić information content (AvgIpc) is 3.25. The lowest BCUT2D eigenvalue weighted by Gasteiger charge is -2.23. The number of carbonyl (C=O) groups excluding carboxylic acids is 3. The summed E-state index contributed by atoms with van der Waals surface area (Å²) in [6, 6.07) is -4.80. The van der Waals surface area contributed by atoms with E-state index in [-0.39, 0.29) is 30.8 Å². The van der Waals surface area contributed by atoms with Gasteiger partial charge < -0.3 is 36.9 Å². The smallest absolute Gasteiger partial charge is 0.326 e. The van der Waals surface area contributed by atoms with Crippen molar-refractivity contribution in [1.29, 1.82) is 0 Å². The van der Waals surface area contributed by atoms with Crippen LogP contribution in [0, 0.1) is 0 Å². The van der Waals surface area contributed by atoms with Crippen LogP contribution in [0.4, 0.5) is 0 Å². The molecule has 1 aromatic heterocycles. The quantitative estimate of drug-likeness (QED) is 0.126. The first-order valence-electron chi connectivity index (χ1n) is 9.39. The Morgan fingerprint density at radius 1 is 0.969 bits per heavy atom. The van der Waals surface area contributed by atoms with E-state index in [1.54, 1.807) is 0 Å². The highest BCUT2D eigenvalue weighted by Gasteiger charge is 2.29. The van der Waals surface area contributed by atoms with E-state index in [9.17, 15) is 29.1 Å². The molecule has 15 heteroatoms. The molecule has 13 nitrogen and oxygen atoms in total. The van der Waals surface area contributed by atoms with Gasteiger partial charge >= 0.3 is 11.9 Å². The van der Waals surface area contributed by atoms with Gasteiger partial charge in [0, 0.05) is 36.2 Å². The van der Waals surface area contributed by atoms with Gasteiger partial charge in [0.2, 0.25) is 17.7 Å². The number of carboxylic acid groups (broad SMARTS) is 2. The van der Waals surface area contributed by atoms with Crippen LogP contribution in [0.2, 0.25) is 0 Å². The Balaban J connectivity index is 2.70. The monoisotopic (exact) mass is 490 g/mol. The van der Waals surface area contributed by atoms with Crippen molar-refractivity contribution < 1.29 is 34.2 Å². The molecule has 178 valence electrons. The molecule has 0 aliphatic carbocycles. The van der Waals surface area contributed by atoms with Crippen molar-refractivity contribution in [2.24, 2.45) is 5.73 Å². The Labute approximate surface area is 194 Å². The Bertz CT molecular complexity index is 807. The number of imidazole rings is 1. The van der Waals surface area contributed by atoms with Gasteiger partial charge in [0.1, 0.15) is 18.1 Å². The minimum Gasteiger partial charge on any atom is -0.481 e. The number of thiol groups is 2. The zero-order valence-corrected chi connectivity index (χ0v) is 18.6. The average molecular weight is 491 g/mol. The van der Waals surface area contributed by atoms with E-state index in [2.05, 4.69) is 51.2 Å². The molecule has 0 saturated heterocycles. The third-order valence-corrected chi connectivity index (χ3v) is 4.96. The second-order valence-corrected chi connectivity index (χ2v) is 7.44. The largest absolute Gasteiger partial charge is 0.481 e. The van der Waals surface area contributed by atoms with Crippen LogP contribution in [-0.2, 0) is 30.4 Å². The predicted octanol–water partition coefficient (Wildman–Crippen LogP) is -2.46. The SMILES string of the molecule is NC(CCC(=O)O)C(=O)NC(CS)C(=O)NC(CS)C(=O)NC(Cc1cnc[nH]1)C(=O)O. The Kier molecular flexibility index (Phi) is 11.6. The molecule has 0 saturated carbocycles. The lowest BCUT2D eigenvalue weighted by Crippen LogP contribution is -2.58. The highest BCUT2D eigenvalue weighted by Crippen LogP contribution is 2.02. The van der Waals surface area contributed by atoms with Gasteiger partial charge in [0.25, 0.3) is 0 Å². The topological polar surface area (TPSA) is 217 Å². The summed E-state index contributed by atoms with van der Waals surface area (Å²) in [6.45, 7) is 0. The number of nitrogens with two attached hydrogens (primary N) is 1. The first-order valence-corrected chi connectivity index (χ1v) is 10.7. The van der Waals surface area contributed by atoms with Crippen molar-refractivity contribution in [3.63, 3.8) is 0 Å². The normalized spacial score (nSPS) is 14.5. The third-order valence-electron chi connectivity index (χ3n) is 4.23. The number of rotatable bonds is 14. The zero-order chi connectivity index (χ0) is 24.3. The molecule has 0 aliphatic heterocycles. The van der Waals surface area contributed by atoms with E-state index in [0.29, 0.717) is 5.69 Å². The van der Waals surface area contributed by atoms with E-state index in [0.717, 1.165) is 0 Å². The number of aromatic nitrogens is 2. The Morgan fingerprint density at radius 2 is 1.50 bits per heavy atom. The zero-order valence-electron chi connectivity index (χ0n) is 16.9. The number of nitrogens with zero attached hydrogens (tertiary/aromatic N) is 1. The maximum absolute atomic E-state index is 12.5. The minimum absolute atomic E-state index is 0.0577. The van der Waals surface area contributed by atoms with Crippen LogP contribution < -0.4 is 21.7 Å². The van der Waals surface area contributed by atoms with Gasteiger partial charge in [-0.1, -0.05) is 0 Å². The Morgan fingerprint density at radius 3 is 1.94 bits per heavy atom. The molecule has 0 radical (unpaired) electrons. The van der Waals surface area contributed by atoms with Crippen LogP contribution in [0.3, 0.4) is 0 Å². The molecule has 0 aromatic carbocycles. The molecule has 0 aliphatic rings. The molecule has 3 amide bonds. The van der Waals surface area contributed by atoms with Gasteiger partial charge in [-0.25, -0.2) is 9.78 Å². The molecule has 0 spiro atoms. The fourth-order valence-corrected chi connectivity index (χ4v) is 2.95. The van der Waals surface area contributed by atoms with Gasteiger partial charge in [-0.3, -0.25) is 19.2 Å². The van der Waals surface area contributed by atoms with E-state index < -0.39 is 53.8 Å². The van der Waals surface area contributed by atoms with Gasteiger partial charge in [-0.15, -0.1) is 0 Å². The van der Waals surface area contributed by atoms with Crippen molar-refractivity contribution in [2.45, 2.75) is 43.4 Å². The van der Waals surface area contributed by atoms with Crippen molar-refractivity contribution in [2.75, 3.05) is 11.5 Å². The molecule has 0 bridgehead atoms. The van der Waals surface area contributed by atoms with Crippen molar-refractivity contribution >= 4 is 54.9 Å². The predicted molar refractivity (Wildman–Crippen MR) is 118 cm³/mol. The number of hydrogen-bond acceptors (Lipinski definition) is 9. The van der Waals surface area contributed by atoms with E-state index in [4.69, 9.17) is 10.8 Å². The molecule has 4 atom stereocenters. The fourth-order valence-electron chi connectivity index (χ4n) is 2.44. The van der Waals surface area contributed by atoms with Crippen LogP contribution in [-0.4, -0.2) is 85.5 Å². The fraction of sp³-hybridized carbons (Fsp3) is 0.529. The molecule has 1 heterocycles. The summed E-state index contributed by atoms with van der Waals surface area (Å²) in [6.07, 6.45) is 2.28. The maximum Gasteiger partial charge on any atom is 0.326 e. The molecule has 1 rings (SSSR count). The van der Waals surface area contributed by atoms with Crippen LogP contribution in [0.25, 0.3) is 0 Å². The number of nitrogens with one attached hydrogen (secondary N) is 4. The molecule has 32 heavy (non-hydrogen) atoms. The first-order chi connectivity index (χ1) is 15.1. The summed E-state index contributed by atoms with van der Waals surface area (Å²) < 4.78 is 0. The lowest BCUT2D eigenvalue weighted by molar-refractivity contribution is -0.142. The van der Waals surface area contributed by atoms with Crippen molar-refractivity contribution in [3.05, 3.63) is 18.2 Å². The molecule has 4 unspecified atom stereocenters. The molecule has 8 N–H and O–H groups in total. The van der Waals surface area contributed by atoms with Crippen LogP contribution in [0.15, 0.2) is 12.5 Å². The number of carbonyl (C=O) groups is 5. The number of hydrogen-bond donors (Lipinski definition) is 9. The van der Waals surface area contributed by atoms with Crippen molar-refractivity contribution in [3.8, 4) is 0 Å². The summed E-state index contributed by atoms with van der Waals surface area (Å²) >= 11 is 8.02. The van der Waals surface area contributed by atoms with Crippen LogP contribution in [0.5, 0.6) is 0 Å². The molecule has 1 aromatic rings. The lowest BCUT2D eigenvalue weighted by atomic mass is 10.1. The summed E-state index contributed by atoms with van der Waals surface area (Å²) in [5, 5.41) is 25.0.